The minimum Gasteiger partial charge on any atom is -0.374 e. The molecule has 2 rings (SSSR count). The van der Waals surface area contributed by atoms with Crippen molar-refractivity contribution in [2.45, 2.75) is 25.7 Å². The van der Waals surface area contributed by atoms with Crippen LogP contribution in [0.25, 0.3) is 0 Å². The minimum atomic E-state index is -4.19. The molecule has 0 fully saturated rings. The van der Waals surface area contributed by atoms with Crippen LogP contribution in [-0.4, -0.2) is 26.6 Å². The van der Waals surface area contributed by atoms with Crippen LogP contribution in [0.1, 0.15) is 20.8 Å². The van der Waals surface area contributed by atoms with Crippen molar-refractivity contribution in [2.75, 3.05) is 18.5 Å². The van der Waals surface area contributed by atoms with Crippen molar-refractivity contribution >= 4 is 27.2 Å². The van der Waals surface area contributed by atoms with Crippen LogP contribution in [0.5, 0.6) is 0 Å². The SMILES string of the molecule is CN(CC(C)(C)C)c1ccc(/N=N/c2ccc(S(=O)(=O)O)cc2)cc1. The molecular formula is C18H23N3O3S. The minimum absolute atomic E-state index is 0.169. The van der Waals surface area contributed by atoms with E-state index in [0.29, 0.717) is 11.4 Å². The summed E-state index contributed by atoms with van der Waals surface area (Å²) in [7, 11) is -2.14. The summed E-state index contributed by atoms with van der Waals surface area (Å²) in [5.74, 6) is 0. The van der Waals surface area contributed by atoms with E-state index in [1.807, 2.05) is 24.3 Å². The maximum Gasteiger partial charge on any atom is 0.294 e. The maximum absolute atomic E-state index is 11.0. The Morgan fingerprint density at radius 1 is 0.920 bits per heavy atom. The topological polar surface area (TPSA) is 82.3 Å². The zero-order chi connectivity index (χ0) is 18.7. The standard InChI is InChI=1S/C18H23N3O3S/c1-18(2,3)13-21(4)16-9-5-14(6-10-16)19-20-15-7-11-17(12-8-15)25(22,23)24/h5-12H,13H2,1-4H3,(H,22,23,24)/b20-19+. The van der Waals surface area contributed by atoms with Gasteiger partial charge in [0.2, 0.25) is 0 Å². The smallest absolute Gasteiger partial charge is 0.294 e. The highest BCUT2D eigenvalue weighted by molar-refractivity contribution is 7.85. The first-order chi connectivity index (χ1) is 11.5. The van der Waals surface area contributed by atoms with E-state index in [9.17, 15) is 8.42 Å². The van der Waals surface area contributed by atoms with E-state index < -0.39 is 10.1 Å². The fourth-order valence-electron chi connectivity index (χ4n) is 2.38. The number of hydrogen-bond donors (Lipinski definition) is 1. The molecule has 2 aromatic rings. The molecule has 0 spiro atoms. The third-order valence-electron chi connectivity index (χ3n) is 3.42. The largest absolute Gasteiger partial charge is 0.374 e. The predicted molar refractivity (Wildman–Crippen MR) is 99.6 cm³/mol. The lowest BCUT2D eigenvalue weighted by Crippen LogP contribution is -2.28. The first kappa shape index (κ1) is 19.1. The number of nitrogens with zero attached hydrogens (tertiary/aromatic N) is 3. The first-order valence-electron chi connectivity index (χ1n) is 7.85. The fraction of sp³-hybridized carbons (Fsp3) is 0.333. The molecule has 0 amide bonds. The molecule has 0 radical (unpaired) electrons. The second kappa shape index (κ2) is 7.33. The van der Waals surface area contributed by atoms with Gasteiger partial charge in [-0.05, 0) is 53.9 Å². The Kier molecular flexibility index (Phi) is 5.59. The molecule has 0 aliphatic heterocycles. The second-order valence-corrected chi connectivity index (χ2v) is 8.52. The summed E-state index contributed by atoms with van der Waals surface area (Å²) in [6.07, 6.45) is 0. The van der Waals surface area contributed by atoms with E-state index in [0.717, 1.165) is 12.2 Å². The number of azo groups is 1. The van der Waals surface area contributed by atoms with Gasteiger partial charge in [-0.2, -0.15) is 18.6 Å². The molecular weight excluding hydrogens is 338 g/mol. The number of rotatable bonds is 5. The third-order valence-corrected chi connectivity index (χ3v) is 4.29. The van der Waals surface area contributed by atoms with Gasteiger partial charge >= 0.3 is 0 Å². The summed E-state index contributed by atoms with van der Waals surface area (Å²) in [5.41, 5.74) is 2.51. The zero-order valence-corrected chi connectivity index (χ0v) is 15.7. The molecule has 0 aromatic heterocycles. The highest BCUT2D eigenvalue weighted by Crippen LogP contribution is 2.24. The molecule has 1 N–H and O–H groups in total. The average Bonchev–Trinajstić information content (AvgIpc) is 2.51. The lowest BCUT2D eigenvalue weighted by atomic mass is 9.96. The third kappa shape index (κ3) is 5.95. The second-order valence-electron chi connectivity index (χ2n) is 7.10. The van der Waals surface area contributed by atoms with Gasteiger partial charge in [-0.25, -0.2) is 0 Å². The molecule has 0 bridgehead atoms. The van der Waals surface area contributed by atoms with Crippen LogP contribution in [0.3, 0.4) is 0 Å². The Morgan fingerprint density at radius 2 is 1.36 bits per heavy atom. The quantitative estimate of drug-likeness (QED) is 0.611. The van der Waals surface area contributed by atoms with Crippen molar-refractivity contribution < 1.29 is 13.0 Å². The normalized spacial score (nSPS) is 12.5. The Hall–Kier alpha value is -2.25. The van der Waals surface area contributed by atoms with Crippen molar-refractivity contribution in [2.24, 2.45) is 15.6 Å². The summed E-state index contributed by atoms with van der Waals surface area (Å²) in [6, 6.07) is 13.3. The van der Waals surface area contributed by atoms with Gasteiger partial charge in [0.1, 0.15) is 0 Å². The molecule has 134 valence electrons. The van der Waals surface area contributed by atoms with Gasteiger partial charge in [0, 0.05) is 19.3 Å². The number of benzene rings is 2. The molecule has 0 saturated heterocycles. The number of hydrogen-bond acceptors (Lipinski definition) is 5. The van der Waals surface area contributed by atoms with Gasteiger partial charge < -0.3 is 4.90 Å². The lowest BCUT2D eigenvalue weighted by molar-refractivity contribution is 0.419. The molecule has 0 atom stereocenters. The summed E-state index contributed by atoms with van der Waals surface area (Å²) in [5, 5.41) is 8.21. The summed E-state index contributed by atoms with van der Waals surface area (Å²) < 4.78 is 30.9. The predicted octanol–water partition coefficient (Wildman–Crippen LogP) is 4.83. The monoisotopic (exact) mass is 361 g/mol. The molecule has 0 aliphatic rings. The van der Waals surface area contributed by atoms with Crippen molar-refractivity contribution in [3.8, 4) is 0 Å². The van der Waals surface area contributed by atoms with Crippen LogP contribution in [0.15, 0.2) is 63.7 Å². The highest BCUT2D eigenvalue weighted by atomic mass is 32.2. The molecule has 6 nitrogen and oxygen atoms in total. The van der Waals surface area contributed by atoms with Crippen molar-refractivity contribution in [3.63, 3.8) is 0 Å². The van der Waals surface area contributed by atoms with Gasteiger partial charge in [0.25, 0.3) is 10.1 Å². The molecule has 7 heteroatoms. The number of anilines is 1. The van der Waals surface area contributed by atoms with Gasteiger partial charge in [-0.3, -0.25) is 4.55 Å². The van der Waals surface area contributed by atoms with Gasteiger partial charge in [-0.1, -0.05) is 20.8 Å². The van der Waals surface area contributed by atoms with E-state index in [4.69, 9.17) is 4.55 Å². The Labute approximate surface area is 149 Å². The van der Waals surface area contributed by atoms with Crippen LogP contribution < -0.4 is 4.90 Å². The van der Waals surface area contributed by atoms with Crippen molar-refractivity contribution in [1.29, 1.82) is 0 Å². The van der Waals surface area contributed by atoms with E-state index in [-0.39, 0.29) is 10.3 Å². The first-order valence-corrected chi connectivity index (χ1v) is 9.29. The summed E-state index contributed by atoms with van der Waals surface area (Å²) in [6.45, 7) is 7.52. The molecule has 25 heavy (non-hydrogen) atoms. The molecule has 2 aromatic carbocycles. The van der Waals surface area contributed by atoms with E-state index in [1.165, 1.54) is 24.3 Å². The van der Waals surface area contributed by atoms with Gasteiger partial charge in [-0.15, -0.1) is 0 Å². The van der Waals surface area contributed by atoms with Gasteiger partial charge in [0.05, 0.1) is 16.3 Å². The Balaban J connectivity index is 2.07. The van der Waals surface area contributed by atoms with Crippen LogP contribution in [0.2, 0.25) is 0 Å². The van der Waals surface area contributed by atoms with E-state index in [2.05, 4.69) is 42.9 Å². The van der Waals surface area contributed by atoms with Crippen LogP contribution in [-0.2, 0) is 10.1 Å². The lowest BCUT2D eigenvalue weighted by Gasteiger charge is -2.28. The Bertz CT molecular complexity index is 837. The molecule has 0 heterocycles. The van der Waals surface area contributed by atoms with E-state index in [1.54, 1.807) is 0 Å². The molecule has 0 aliphatic carbocycles. The Morgan fingerprint density at radius 3 is 1.76 bits per heavy atom. The summed E-state index contributed by atoms with van der Waals surface area (Å²) >= 11 is 0. The highest BCUT2D eigenvalue weighted by Gasteiger charge is 2.13. The van der Waals surface area contributed by atoms with Crippen molar-refractivity contribution in [3.05, 3.63) is 48.5 Å². The van der Waals surface area contributed by atoms with E-state index >= 15 is 0 Å². The molecule has 0 unspecified atom stereocenters. The maximum atomic E-state index is 11.0. The van der Waals surface area contributed by atoms with Crippen LogP contribution in [0.4, 0.5) is 17.1 Å². The average molecular weight is 361 g/mol. The van der Waals surface area contributed by atoms with Crippen LogP contribution >= 0.6 is 0 Å². The zero-order valence-electron chi connectivity index (χ0n) is 14.8. The van der Waals surface area contributed by atoms with Gasteiger partial charge in [0.15, 0.2) is 0 Å². The van der Waals surface area contributed by atoms with Crippen molar-refractivity contribution in [1.82, 2.24) is 0 Å². The summed E-state index contributed by atoms with van der Waals surface area (Å²) in [4.78, 5) is 2.02. The fourth-order valence-corrected chi connectivity index (χ4v) is 2.86. The molecule has 0 saturated carbocycles. The van der Waals surface area contributed by atoms with Crippen LogP contribution in [0, 0.1) is 5.41 Å².